The molecule has 0 aliphatic heterocycles. The lowest BCUT2D eigenvalue weighted by Crippen LogP contribution is -2.28. The van der Waals surface area contributed by atoms with Gasteiger partial charge >= 0.3 is 5.69 Å². The van der Waals surface area contributed by atoms with Crippen LogP contribution >= 0.6 is 0 Å². The number of para-hydroxylation sites is 2. The number of benzene rings is 3. The van der Waals surface area contributed by atoms with E-state index in [9.17, 15) is 9.59 Å². The molecule has 9 nitrogen and oxygen atoms in total. The molecule has 0 spiro atoms. The maximum Gasteiger partial charge on any atom is 0.351 e. The topological polar surface area (TPSA) is 99.8 Å². The molecular weight excluding hydrogens is 446 g/mol. The molecule has 5 aromatic rings. The van der Waals surface area contributed by atoms with Crippen molar-refractivity contribution < 1.29 is 14.3 Å². The zero-order valence-electron chi connectivity index (χ0n) is 19.5. The molecule has 9 heteroatoms. The Hall–Kier alpha value is -4.66. The molecule has 0 bridgehead atoms. The number of nitrogens with one attached hydrogen (secondary N) is 1. The van der Waals surface area contributed by atoms with Gasteiger partial charge in [-0.3, -0.25) is 4.79 Å². The van der Waals surface area contributed by atoms with Crippen LogP contribution in [0.5, 0.6) is 17.4 Å². The van der Waals surface area contributed by atoms with Gasteiger partial charge in [0.25, 0.3) is 5.88 Å². The van der Waals surface area contributed by atoms with Gasteiger partial charge in [0.15, 0.2) is 0 Å². The first-order valence-corrected chi connectivity index (χ1v) is 11.0. The fourth-order valence-corrected chi connectivity index (χ4v) is 3.96. The van der Waals surface area contributed by atoms with Crippen molar-refractivity contribution >= 4 is 28.3 Å². The molecule has 0 radical (unpaired) electrons. The quantitative estimate of drug-likeness (QED) is 0.402. The van der Waals surface area contributed by atoms with E-state index in [-0.39, 0.29) is 18.1 Å². The minimum Gasteiger partial charge on any atom is -0.497 e. The molecular formula is C26H23N5O4. The minimum atomic E-state index is -0.464. The predicted molar refractivity (Wildman–Crippen MR) is 132 cm³/mol. The van der Waals surface area contributed by atoms with Crippen molar-refractivity contribution in [1.82, 2.24) is 19.2 Å². The van der Waals surface area contributed by atoms with Crippen LogP contribution in [0, 0.1) is 13.8 Å². The molecule has 1 amide bonds. The van der Waals surface area contributed by atoms with Crippen LogP contribution in [0.15, 0.2) is 71.5 Å². The lowest BCUT2D eigenvalue weighted by atomic mass is 10.1. The molecule has 0 aliphatic rings. The second-order valence-corrected chi connectivity index (χ2v) is 8.21. The lowest BCUT2D eigenvalue weighted by molar-refractivity contribution is -0.117. The average molecular weight is 470 g/mol. The number of hydrogen-bond donors (Lipinski definition) is 1. The van der Waals surface area contributed by atoms with Gasteiger partial charge < -0.3 is 14.8 Å². The van der Waals surface area contributed by atoms with E-state index < -0.39 is 11.6 Å². The molecule has 2 heterocycles. The van der Waals surface area contributed by atoms with Crippen molar-refractivity contribution in [2.24, 2.45) is 0 Å². The second-order valence-electron chi connectivity index (χ2n) is 8.21. The van der Waals surface area contributed by atoms with Crippen LogP contribution in [-0.4, -0.2) is 32.2 Å². The predicted octanol–water partition coefficient (Wildman–Crippen LogP) is 4.10. The van der Waals surface area contributed by atoms with E-state index in [1.807, 2.05) is 44.2 Å². The maximum absolute atomic E-state index is 13.3. The Morgan fingerprint density at radius 3 is 2.40 bits per heavy atom. The first-order valence-electron chi connectivity index (χ1n) is 11.0. The molecule has 0 fully saturated rings. The van der Waals surface area contributed by atoms with Crippen molar-refractivity contribution in [2.75, 3.05) is 12.4 Å². The number of rotatable bonds is 6. The Kier molecular flexibility index (Phi) is 5.66. The highest BCUT2D eigenvalue weighted by Crippen LogP contribution is 2.27. The third-order valence-corrected chi connectivity index (χ3v) is 5.45. The summed E-state index contributed by atoms with van der Waals surface area (Å²) in [5.41, 5.74) is 3.56. The smallest absolute Gasteiger partial charge is 0.351 e. The SMILES string of the molecule is COc1ccc(NC(=O)Cn2nc3c(Oc4cc(C)cc(C)c4)nc4ccccc4n3c2=O)cc1. The number of carbonyl (C=O) groups excluding carboxylic acids is 1. The number of aryl methyl sites for hydroxylation is 2. The normalized spacial score (nSPS) is 11.1. The molecule has 0 aliphatic carbocycles. The summed E-state index contributed by atoms with van der Waals surface area (Å²) in [4.78, 5) is 30.6. The fraction of sp³-hybridized carbons (Fsp3) is 0.154. The third-order valence-electron chi connectivity index (χ3n) is 5.45. The van der Waals surface area contributed by atoms with Crippen molar-refractivity contribution in [3.63, 3.8) is 0 Å². The zero-order chi connectivity index (χ0) is 24.5. The van der Waals surface area contributed by atoms with Gasteiger partial charge in [-0.1, -0.05) is 18.2 Å². The number of carbonyl (C=O) groups is 1. The zero-order valence-corrected chi connectivity index (χ0v) is 19.5. The van der Waals surface area contributed by atoms with Gasteiger partial charge in [0.1, 0.15) is 18.0 Å². The molecule has 0 saturated heterocycles. The minimum absolute atomic E-state index is 0.181. The van der Waals surface area contributed by atoms with Crippen molar-refractivity contribution in [2.45, 2.75) is 20.4 Å². The van der Waals surface area contributed by atoms with Gasteiger partial charge in [-0.2, -0.15) is 0 Å². The summed E-state index contributed by atoms with van der Waals surface area (Å²) in [5, 5.41) is 7.18. The van der Waals surface area contributed by atoms with Crippen LogP contribution in [0.4, 0.5) is 5.69 Å². The summed E-state index contributed by atoms with van der Waals surface area (Å²) in [5.74, 6) is 1.05. The fourth-order valence-electron chi connectivity index (χ4n) is 3.96. The average Bonchev–Trinajstić information content (AvgIpc) is 3.15. The maximum atomic E-state index is 13.3. The van der Waals surface area contributed by atoms with E-state index in [4.69, 9.17) is 9.47 Å². The Balaban J connectivity index is 1.53. The van der Waals surface area contributed by atoms with Crippen molar-refractivity contribution in [3.8, 4) is 17.4 Å². The standard InChI is InChI=1S/C26H23N5O4/c1-16-12-17(2)14-20(13-16)35-25-24-29-30(15-23(32)27-18-8-10-19(34-3)11-9-18)26(33)31(24)22-7-5-4-6-21(22)28-25/h4-14H,15H2,1-3H3,(H,27,32). The van der Waals surface area contributed by atoms with Crippen LogP contribution < -0.4 is 20.5 Å². The van der Waals surface area contributed by atoms with E-state index in [1.54, 1.807) is 43.5 Å². The molecule has 2 aromatic heterocycles. The van der Waals surface area contributed by atoms with E-state index in [0.717, 1.165) is 15.8 Å². The largest absolute Gasteiger partial charge is 0.497 e. The Bertz CT molecular complexity index is 1600. The first-order chi connectivity index (χ1) is 16.9. The summed E-state index contributed by atoms with van der Waals surface area (Å²) in [7, 11) is 1.57. The van der Waals surface area contributed by atoms with Gasteiger partial charge in [-0.15, -0.1) is 5.10 Å². The van der Waals surface area contributed by atoms with Crippen LogP contribution in [0.3, 0.4) is 0 Å². The number of ether oxygens (including phenoxy) is 2. The third kappa shape index (κ3) is 4.43. The van der Waals surface area contributed by atoms with Gasteiger partial charge in [-0.25, -0.2) is 18.9 Å². The van der Waals surface area contributed by atoms with E-state index >= 15 is 0 Å². The van der Waals surface area contributed by atoms with Crippen LogP contribution in [-0.2, 0) is 11.3 Å². The molecule has 3 aromatic carbocycles. The first kappa shape index (κ1) is 22.1. The van der Waals surface area contributed by atoms with Crippen molar-refractivity contribution in [1.29, 1.82) is 0 Å². The van der Waals surface area contributed by atoms with Gasteiger partial charge in [0, 0.05) is 5.69 Å². The highest BCUT2D eigenvalue weighted by Gasteiger charge is 2.19. The number of fused-ring (bicyclic) bond motifs is 3. The number of anilines is 1. The second kappa shape index (κ2) is 8.94. The monoisotopic (exact) mass is 469 g/mol. The number of hydrogen-bond acceptors (Lipinski definition) is 6. The molecule has 35 heavy (non-hydrogen) atoms. The number of aromatic nitrogens is 4. The summed E-state index contributed by atoms with van der Waals surface area (Å²) in [6.45, 7) is 3.68. The van der Waals surface area contributed by atoms with Crippen molar-refractivity contribution in [3.05, 3.63) is 88.3 Å². The van der Waals surface area contributed by atoms with E-state index in [0.29, 0.717) is 28.2 Å². The van der Waals surface area contributed by atoms with Gasteiger partial charge in [0.05, 0.1) is 18.1 Å². The molecule has 0 saturated carbocycles. The molecule has 0 atom stereocenters. The van der Waals surface area contributed by atoms with E-state index in [1.165, 1.54) is 4.40 Å². The molecule has 1 N–H and O–H groups in total. The van der Waals surface area contributed by atoms with Gasteiger partial charge in [-0.05, 0) is 73.5 Å². The molecule has 0 unspecified atom stereocenters. The summed E-state index contributed by atoms with van der Waals surface area (Å²) in [6.07, 6.45) is 0. The number of amides is 1. The summed E-state index contributed by atoms with van der Waals surface area (Å²) >= 11 is 0. The highest BCUT2D eigenvalue weighted by molar-refractivity contribution is 5.90. The summed E-state index contributed by atoms with van der Waals surface area (Å²) in [6, 6.07) is 19.9. The Labute approximate surface area is 200 Å². The van der Waals surface area contributed by atoms with Crippen LogP contribution in [0.2, 0.25) is 0 Å². The highest BCUT2D eigenvalue weighted by atomic mass is 16.5. The summed E-state index contributed by atoms with van der Waals surface area (Å²) < 4.78 is 13.8. The number of nitrogens with zero attached hydrogens (tertiary/aromatic N) is 4. The Morgan fingerprint density at radius 2 is 1.69 bits per heavy atom. The van der Waals surface area contributed by atoms with Gasteiger partial charge in [0.2, 0.25) is 11.6 Å². The van der Waals surface area contributed by atoms with E-state index in [2.05, 4.69) is 15.4 Å². The molecule has 5 rings (SSSR count). The molecule has 176 valence electrons. The Morgan fingerprint density at radius 1 is 0.971 bits per heavy atom. The lowest BCUT2D eigenvalue weighted by Gasteiger charge is -2.09. The number of methoxy groups -OCH3 is 1. The van der Waals surface area contributed by atoms with Crippen LogP contribution in [0.25, 0.3) is 16.7 Å². The van der Waals surface area contributed by atoms with Crippen LogP contribution in [0.1, 0.15) is 11.1 Å².